The fraction of sp³-hybridized carbons (Fsp3) is 0.333. The Morgan fingerprint density at radius 1 is 1.03 bits per heavy atom. The first kappa shape index (κ1) is 25.6. The van der Waals surface area contributed by atoms with Gasteiger partial charge in [-0.05, 0) is 43.7 Å². The molecule has 3 aromatic rings. The van der Waals surface area contributed by atoms with Crippen molar-refractivity contribution in [2.45, 2.75) is 25.3 Å². The molecule has 1 saturated heterocycles. The lowest BCUT2D eigenvalue weighted by molar-refractivity contribution is -0.125. The number of rotatable bonds is 7. The van der Waals surface area contributed by atoms with E-state index in [1.807, 2.05) is 43.3 Å². The van der Waals surface area contributed by atoms with Gasteiger partial charge in [0.15, 0.2) is 0 Å². The molecule has 1 aliphatic heterocycles. The number of amides is 2. The number of nitrogens with zero attached hydrogens (tertiary/aromatic N) is 4. The Labute approximate surface area is 216 Å². The van der Waals surface area contributed by atoms with Gasteiger partial charge in [-0.15, -0.1) is 0 Å². The molecule has 9 heteroatoms. The van der Waals surface area contributed by atoms with Gasteiger partial charge in [-0.25, -0.2) is 4.98 Å². The molecule has 0 spiro atoms. The van der Waals surface area contributed by atoms with Crippen molar-refractivity contribution >= 4 is 29.2 Å². The predicted molar refractivity (Wildman–Crippen MR) is 143 cm³/mol. The van der Waals surface area contributed by atoms with Crippen LogP contribution in [0.3, 0.4) is 0 Å². The van der Waals surface area contributed by atoms with Crippen molar-refractivity contribution in [2.75, 3.05) is 38.6 Å². The van der Waals surface area contributed by atoms with Crippen LogP contribution in [0.4, 0.5) is 5.82 Å². The van der Waals surface area contributed by atoms with Gasteiger partial charge in [0.2, 0.25) is 5.91 Å². The normalized spacial score (nSPS) is 14.9. The third-order valence-electron chi connectivity index (χ3n) is 6.62. The summed E-state index contributed by atoms with van der Waals surface area (Å²) < 4.78 is 0. The second-order valence-electron chi connectivity index (χ2n) is 9.17. The zero-order valence-electron chi connectivity index (χ0n) is 20.8. The number of carbonyl (C=O) groups excluding carboxylic acids is 2. The van der Waals surface area contributed by atoms with Crippen LogP contribution in [-0.4, -0.2) is 66.0 Å². The van der Waals surface area contributed by atoms with Gasteiger partial charge in [0, 0.05) is 48.9 Å². The second-order valence-corrected chi connectivity index (χ2v) is 9.61. The quantitative estimate of drug-likeness (QED) is 0.507. The van der Waals surface area contributed by atoms with Crippen molar-refractivity contribution in [2.24, 2.45) is 5.73 Å². The zero-order valence-corrected chi connectivity index (χ0v) is 21.5. The van der Waals surface area contributed by atoms with E-state index >= 15 is 0 Å². The van der Waals surface area contributed by atoms with Gasteiger partial charge in [-0.1, -0.05) is 42.8 Å². The highest BCUT2D eigenvalue weighted by atomic mass is 35.5. The smallest absolute Gasteiger partial charge is 0.253 e. The van der Waals surface area contributed by atoms with Crippen molar-refractivity contribution in [3.05, 3.63) is 65.3 Å². The molecular formula is C27H31ClN6O2. The molecule has 1 aromatic heterocycles. The summed E-state index contributed by atoms with van der Waals surface area (Å²) in [6.45, 7) is 3.90. The van der Waals surface area contributed by atoms with E-state index in [1.54, 1.807) is 37.3 Å². The molecule has 2 amide bonds. The van der Waals surface area contributed by atoms with Gasteiger partial charge in [-0.2, -0.15) is 0 Å². The van der Waals surface area contributed by atoms with E-state index in [9.17, 15) is 9.59 Å². The topological polar surface area (TPSA) is 104 Å². The Balaban J connectivity index is 1.70. The molecule has 0 unspecified atom stereocenters. The van der Waals surface area contributed by atoms with Gasteiger partial charge >= 0.3 is 0 Å². The highest BCUT2D eigenvalue weighted by Crippen LogP contribution is 2.33. The molecule has 3 N–H and O–H groups in total. The van der Waals surface area contributed by atoms with E-state index in [4.69, 9.17) is 27.3 Å². The van der Waals surface area contributed by atoms with Crippen LogP contribution in [0, 0.1) is 0 Å². The number of anilines is 1. The van der Waals surface area contributed by atoms with Gasteiger partial charge < -0.3 is 20.9 Å². The largest absolute Gasteiger partial charge is 0.368 e. The first-order chi connectivity index (χ1) is 17.2. The van der Waals surface area contributed by atoms with E-state index in [0.29, 0.717) is 48.8 Å². The minimum absolute atomic E-state index is 0.0637. The molecule has 0 saturated carbocycles. The molecule has 0 atom stereocenters. The van der Waals surface area contributed by atoms with Crippen LogP contribution < -0.4 is 16.0 Å². The van der Waals surface area contributed by atoms with Crippen molar-refractivity contribution in [3.8, 4) is 22.5 Å². The third kappa shape index (κ3) is 5.20. The summed E-state index contributed by atoms with van der Waals surface area (Å²) in [4.78, 5) is 38.0. The number of carbonyl (C=O) groups is 2. The molecule has 188 valence electrons. The maximum Gasteiger partial charge on any atom is 0.253 e. The van der Waals surface area contributed by atoms with E-state index in [2.05, 4.69) is 10.2 Å². The standard InChI is InChI=1S/C27H31ClN6O2/c1-4-31-27(26(29)36)13-15-34(16-14-27)22-17-30-23(18-9-11-21(28)12-10-18)24(32-22)19-5-7-20(8-6-19)25(35)33(2)3/h5-12,17,31H,4,13-16H2,1-3H3,(H2,29,36). The highest BCUT2D eigenvalue weighted by Gasteiger charge is 2.39. The summed E-state index contributed by atoms with van der Waals surface area (Å²) in [5.41, 5.74) is 8.80. The van der Waals surface area contributed by atoms with Crippen LogP contribution >= 0.6 is 11.6 Å². The number of halogens is 1. The molecule has 2 aromatic carbocycles. The molecule has 4 rings (SSSR count). The number of nitrogens with one attached hydrogen (secondary N) is 1. The SMILES string of the molecule is CCNC1(C(N)=O)CCN(c2cnc(-c3ccc(Cl)cc3)c(-c3ccc(C(=O)N(C)C)cc3)n2)CC1. The molecule has 0 aliphatic carbocycles. The lowest BCUT2D eigenvalue weighted by atomic mass is 9.86. The molecule has 0 bridgehead atoms. The number of hydrogen-bond donors (Lipinski definition) is 2. The first-order valence-electron chi connectivity index (χ1n) is 12.0. The number of likely N-dealkylation sites (N-methyl/N-ethyl adjacent to an activating group) is 1. The number of aromatic nitrogens is 2. The second kappa shape index (κ2) is 10.6. The predicted octanol–water partition coefficient (Wildman–Crippen LogP) is 3.60. The maximum atomic E-state index is 12.4. The van der Waals surface area contributed by atoms with Gasteiger partial charge in [0.25, 0.3) is 5.91 Å². The average Bonchev–Trinajstić information content (AvgIpc) is 2.89. The summed E-state index contributed by atoms with van der Waals surface area (Å²) in [7, 11) is 3.46. The van der Waals surface area contributed by atoms with Crippen molar-refractivity contribution in [3.63, 3.8) is 0 Å². The Hall–Kier alpha value is -3.49. The fourth-order valence-corrected chi connectivity index (χ4v) is 4.67. The van der Waals surface area contributed by atoms with Crippen LogP contribution in [0.2, 0.25) is 5.02 Å². The van der Waals surface area contributed by atoms with E-state index in [1.165, 1.54) is 0 Å². The fourth-order valence-electron chi connectivity index (χ4n) is 4.55. The summed E-state index contributed by atoms with van der Waals surface area (Å²) >= 11 is 6.11. The average molecular weight is 507 g/mol. The number of primary amides is 1. The van der Waals surface area contributed by atoms with Gasteiger partial charge in [0.1, 0.15) is 11.4 Å². The van der Waals surface area contributed by atoms with Crippen LogP contribution in [0.5, 0.6) is 0 Å². The molecule has 1 fully saturated rings. The molecule has 2 heterocycles. The van der Waals surface area contributed by atoms with E-state index in [-0.39, 0.29) is 11.8 Å². The van der Waals surface area contributed by atoms with Crippen LogP contribution in [-0.2, 0) is 4.79 Å². The van der Waals surface area contributed by atoms with Gasteiger partial charge in [0.05, 0.1) is 17.6 Å². The summed E-state index contributed by atoms with van der Waals surface area (Å²) in [5.74, 6) is 0.346. The third-order valence-corrected chi connectivity index (χ3v) is 6.87. The Morgan fingerprint density at radius 2 is 1.61 bits per heavy atom. The molecule has 36 heavy (non-hydrogen) atoms. The zero-order chi connectivity index (χ0) is 25.9. The highest BCUT2D eigenvalue weighted by molar-refractivity contribution is 6.30. The summed E-state index contributed by atoms with van der Waals surface area (Å²) in [6, 6.07) is 14.9. The summed E-state index contributed by atoms with van der Waals surface area (Å²) in [5, 5.41) is 3.93. The van der Waals surface area contributed by atoms with Crippen LogP contribution in [0.1, 0.15) is 30.1 Å². The number of nitrogens with two attached hydrogens (primary N) is 1. The van der Waals surface area contributed by atoms with E-state index in [0.717, 1.165) is 22.6 Å². The molecule has 8 nitrogen and oxygen atoms in total. The Morgan fingerprint density at radius 3 is 2.17 bits per heavy atom. The van der Waals surface area contributed by atoms with Crippen LogP contribution in [0.15, 0.2) is 54.7 Å². The van der Waals surface area contributed by atoms with Gasteiger partial charge in [-0.3, -0.25) is 14.6 Å². The van der Waals surface area contributed by atoms with Crippen LogP contribution in [0.25, 0.3) is 22.5 Å². The lowest BCUT2D eigenvalue weighted by Crippen LogP contribution is -2.61. The lowest BCUT2D eigenvalue weighted by Gasteiger charge is -2.40. The van der Waals surface area contributed by atoms with Crippen molar-refractivity contribution < 1.29 is 9.59 Å². The van der Waals surface area contributed by atoms with E-state index < -0.39 is 5.54 Å². The number of benzene rings is 2. The first-order valence-corrected chi connectivity index (χ1v) is 12.4. The summed E-state index contributed by atoms with van der Waals surface area (Å²) in [6.07, 6.45) is 2.95. The monoisotopic (exact) mass is 506 g/mol. The maximum absolute atomic E-state index is 12.4. The van der Waals surface area contributed by atoms with Crippen molar-refractivity contribution in [1.82, 2.24) is 20.2 Å². The Kier molecular flexibility index (Phi) is 7.56. The number of hydrogen-bond acceptors (Lipinski definition) is 6. The minimum Gasteiger partial charge on any atom is -0.368 e. The number of piperidine rings is 1. The van der Waals surface area contributed by atoms with Crippen molar-refractivity contribution in [1.29, 1.82) is 0 Å². The molecule has 0 radical (unpaired) electrons. The Bertz CT molecular complexity index is 1240. The molecule has 1 aliphatic rings. The molecular weight excluding hydrogens is 476 g/mol. The minimum atomic E-state index is -0.695.